The first-order valence-electron chi connectivity index (χ1n) is 11.4. The average Bonchev–Trinajstić information content (AvgIpc) is 2.75. The summed E-state index contributed by atoms with van der Waals surface area (Å²) in [4.78, 5) is 2.63. The lowest BCUT2D eigenvalue weighted by atomic mass is 10.1. The van der Waals surface area contributed by atoms with Crippen LogP contribution in [0.1, 0.15) is 62.6 Å². The molecule has 0 aliphatic heterocycles. The maximum atomic E-state index is 5.94. The standard InChI is InChI=1S/C26H40N2O/c1-4-6-18-28(19-7-5-2)20-10-17-27-21-24-13-15-26(16-14-24)29-22-25-12-9-8-11-23(25)3/h8-9,11-16,27H,4-7,10,17-22H2,1-3H3. The number of ether oxygens (including phenoxy) is 1. The monoisotopic (exact) mass is 396 g/mol. The molecule has 0 saturated carbocycles. The topological polar surface area (TPSA) is 24.5 Å². The highest BCUT2D eigenvalue weighted by Crippen LogP contribution is 2.15. The fraction of sp³-hybridized carbons (Fsp3) is 0.538. The molecule has 0 aliphatic rings. The van der Waals surface area contributed by atoms with Gasteiger partial charge in [0, 0.05) is 6.54 Å². The largest absolute Gasteiger partial charge is 0.489 e. The zero-order valence-corrected chi connectivity index (χ0v) is 18.8. The van der Waals surface area contributed by atoms with E-state index in [2.05, 4.69) is 79.5 Å². The van der Waals surface area contributed by atoms with Gasteiger partial charge in [-0.05, 0) is 81.2 Å². The number of benzene rings is 2. The molecule has 3 nitrogen and oxygen atoms in total. The van der Waals surface area contributed by atoms with Crippen molar-refractivity contribution in [2.75, 3.05) is 26.2 Å². The molecule has 0 fully saturated rings. The first kappa shape index (κ1) is 23.4. The summed E-state index contributed by atoms with van der Waals surface area (Å²) in [5.74, 6) is 0.930. The summed E-state index contributed by atoms with van der Waals surface area (Å²) in [6.45, 7) is 13.0. The van der Waals surface area contributed by atoms with Crippen molar-refractivity contribution in [3.05, 3.63) is 65.2 Å². The van der Waals surface area contributed by atoms with Crippen LogP contribution in [0, 0.1) is 6.92 Å². The summed E-state index contributed by atoms with van der Waals surface area (Å²) in [5, 5.41) is 3.59. The SMILES string of the molecule is CCCCN(CCCC)CCCNCc1ccc(OCc2ccccc2C)cc1. The van der Waals surface area contributed by atoms with Crippen molar-refractivity contribution in [2.45, 2.75) is 66.0 Å². The third kappa shape index (κ3) is 9.47. The van der Waals surface area contributed by atoms with Crippen molar-refractivity contribution in [3.63, 3.8) is 0 Å². The molecule has 160 valence electrons. The predicted octanol–water partition coefficient (Wildman–Crippen LogP) is 5.96. The molecule has 29 heavy (non-hydrogen) atoms. The average molecular weight is 397 g/mol. The van der Waals surface area contributed by atoms with Crippen molar-refractivity contribution in [1.82, 2.24) is 10.2 Å². The molecule has 0 heterocycles. The van der Waals surface area contributed by atoms with E-state index in [0.29, 0.717) is 6.61 Å². The molecular weight excluding hydrogens is 356 g/mol. The molecule has 0 amide bonds. The lowest BCUT2D eigenvalue weighted by Gasteiger charge is -2.22. The van der Waals surface area contributed by atoms with Crippen LogP contribution in [0.5, 0.6) is 5.75 Å². The normalized spacial score (nSPS) is 11.2. The Balaban J connectivity index is 1.64. The molecule has 0 aliphatic carbocycles. The van der Waals surface area contributed by atoms with Gasteiger partial charge in [0.25, 0.3) is 0 Å². The molecule has 0 atom stereocenters. The Morgan fingerprint density at radius 1 is 0.828 bits per heavy atom. The smallest absolute Gasteiger partial charge is 0.119 e. The molecule has 0 unspecified atom stereocenters. The van der Waals surface area contributed by atoms with E-state index < -0.39 is 0 Å². The highest BCUT2D eigenvalue weighted by Gasteiger charge is 2.04. The number of hydrogen-bond acceptors (Lipinski definition) is 3. The Kier molecular flexibility index (Phi) is 11.5. The summed E-state index contributed by atoms with van der Waals surface area (Å²) >= 11 is 0. The molecule has 0 saturated heterocycles. The fourth-order valence-corrected chi connectivity index (χ4v) is 3.40. The predicted molar refractivity (Wildman–Crippen MR) is 125 cm³/mol. The van der Waals surface area contributed by atoms with Crippen LogP contribution < -0.4 is 10.1 Å². The van der Waals surface area contributed by atoms with Crippen LogP contribution in [-0.2, 0) is 13.2 Å². The van der Waals surface area contributed by atoms with E-state index in [1.54, 1.807) is 0 Å². The zero-order chi connectivity index (χ0) is 20.7. The van der Waals surface area contributed by atoms with Gasteiger partial charge in [-0.1, -0.05) is 63.1 Å². The lowest BCUT2D eigenvalue weighted by molar-refractivity contribution is 0.261. The molecular formula is C26H40N2O. The van der Waals surface area contributed by atoms with Crippen LogP contribution in [0.3, 0.4) is 0 Å². The Hall–Kier alpha value is -1.84. The maximum Gasteiger partial charge on any atom is 0.119 e. The van der Waals surface area contributed by atoms with Crippen molar-refractivity contribution in [3.8, 4) is 5.75 Å². The minimum atomic E-state index is 0.622. The van der Waals surface area contributed by atoms with Gasteiger partial charge >= 0.3 is 0 Å². The van der Waals surface area contributed by atoms with Crippen LogP contribution >= 0.6 is 0 Å². The quantitative estimate of drug-likeness (QED) is 0.376. The van der Waals surface area contributed by atoms with Gasteiger partial charge in [0.2, 0.25) is 0 Å². The van der Waals surface area contributed by atoms with Gasteiger partial charge in [0.05, 0.1) is 0 Å². The van der Waals surface area contributed by atoms with Crippen molar-refractivity contribution in [1.29, 1.82) is 0 Å². The van der Waals surface area contributed by atoms with E-state index in [1.807, 2.05) is 0 Å². The highest BCUT2D eigenvalue weighted by atomic mass is 16.5. The van der Waals surface area contributed by atoms with E-state index in [9.17, 15) is 0 Å². The number of nitrogens with zero attached hydrogens (tertiary/aromatic N) is 1. The van der Waals surface area contributed by atoms with Gasteiger partial charge in [0.15, 0.2) is 0 Å². The van der Waals surface area contributed by atoms with Crippen molar-refractivity contribution in [2.24, 2.45) is 0 Å². The molecule has 0 aromatic heterocycles. The zero-order valence-electron chi connectivity index (χ0n) is 18.8. The summed E-state index contributed by atoms with van der Waals surface area (Å²) in [5.41, 5.74) is 3.82. The summed E-state index contributed by atoms with van der Waals surface area (Å²) in [7, 11) is 0. The Morgan fingerprint density at radius 3 is 2.14 bits per heavy atom. The number of rotatable bonds is 15. The van der Waals surface area contributed by atoms with Crippen molar-refractivity contribution >= 4 is 0 Å². The molecule has 2 rings (SSSR count). The summed E-state index contributed by atoms with van der Waals surface area (Å²) in [6.07, 6.45) is 6.41. The van der Waals surface area contributed by atoms with E-state index in [4.69, 9.17) is 4.74 Å². The molecule has 1 N–H and O–H groups in total. The number of hydrogen-bond donors (Lipinski definition) is 1. The molecule has 3 heteroatoms. The minimum Gasteiger partial charge on any atom is -0.489 e. The third-order valence-electron chi connectivity index (χ3n) is 5.39. The van der Waals surface area contributed by atoms with Gasteiger partial charge < -0.3 is 15.0 Å². The molecule has 2 aromatic carbocycles. The first-order chi connectivity index (χ1) is 14.2. The molecule has 0 radical (unpaired) electrons. The number of nitrogens with one attached hydrogen (secondary N) is 1. The van der Waals surface area contributed by atoms with Gasteiger partial charge in [-0.3, -0.25) is 0 Å². The summed E-state index contributed by atoms with van der Waals surface area (Å²) < 4.78 is 5.94. The third-order valence-corrected chi connectivity index (χ3v) is 5.39. The second-order valence-electron chi connectivity index (χ2n) is 7.94. The van der Waals surface area contributed by atoms with Crippen LogP contribution in [-0.4, -0.2) is 31.1 Å². The second-order valence-corrected chi connectivity index (χ2v) is 7.94. The van der Waals surface area contributed by atoms with Gasteiger partial charge in [0.1, 0.15) is 12.4 Å². The molecule has 0 bridgehead atoms. The summed E-state index contributed by atoms with van der Waals surface area (Å²) in [6, 6.07) is 16.9. The van der Waals surface area contributed by atoms with Crippen molar-refractivity contribution < 1.29 is 4.74 Å². The van der Waals surface area contributed by atoms with Gasteiger partial charge in [-0.2, -0.15) is 0 Å². The maximum absolute atomic E-state index is 5.94. The first-order valence-corrected chi connectivity index (χ1v) is 11.4. The van der Waals surface area contributed by atoms with E-state index in [1.165, 1.54) is 68.4 Å². The second kappa shape index (κ2) is 14.2. The fourth-order valence-electron chi connectivity index (χ4n) is 3.40. The highest BCUT2D eigenvalue weighted by molar-refractivity contribution is 5.29. The molecule has 2 aromatic rings. The van der Waals surface area contributed by atoms with E-state index in [0.717, 1.165) is 18.8 Å². The lowest BCUT2D eigenvalue weighted by Crippen LogP contribution is -2.29. The number of aryl methyl sites for hydroxylation is 1. The van der Waals surface area contributed by atoms with E-state index >= 15 is 0 Å². The Labute approximate surface area is 178 Å². The minimum absolute atomic E-state index is 0.622. The van der Waals surface area contributed by atoms with Crippen LogP contribution in [0.15, 0.2) is 48.5 Å². The van der Waals surface area contributed by atoms with Crippen LogP contribution in [0.4, 0.5) is 0 Å². The number of unbranched alkanes of at least 4 members (excludes halogenated alkanes) is 2. The molecule has 0 spiro atoms. The van der Waals surface area contributed by atoms with Crippen LogP contribution in [0.25, 0.3) is 0 Å². The Morgan fingerprint density at radius 2 is 1.48 bits per heavy atom. The van der Waals surface area contributed by atoms with Gasteiger partial charge in [-0.15, -0.1) is 0 Å². The Bertz CT molecular complexity index is 661. The van der Waals surface area contributed by atoms with E-state index in [-0.39, 0.29) is 0 Å². The van der Waals surface area contributed by atoms with Crippen LogP contribution in [0.2, 0.25) is 0 Å². The van der Waals surface area contributed by atoms with Gasteiger partial charge in [-0.25, -0.2) is 0 Å².